The van der Waals surface area contributed by atoms with Gasteiger partial charge in [-0.05, 0) is 37.0 Å². The minimum absolute atomic E-state index is 0.0401. The molecule has 0 unspecified atom stereocenters. The van der Waals surface area contributed by atoms with E-state index >= 15 is 0 Å². The van der Waals surface area contributed by atoms with Gasteiger partial charge < -0.3 is 15.8 Å². The van der Waals surface area contributed by atoms with Gasteiger partial charge in [0.1, 0.15) is 0 Å². The summed E-state index contributed by atoms with van der Waals surface area (Å²) in [5.74, 6) is 0.0401. The van der Waals surface area contributed by atoms with E-state index in [-0.39, 0.29) is 5.91 Å². The molecule has 0 heterocycles. The largest absolute Gasteiger partial charge is 0.399 e. The molecule has 0 aliphatic heterocycles. The monoisotopic (exact) mass is 290 g/mol. The van der Waals surface area contributed by atoms with Crippen molar-refractivity contribution in [2.45, 2.75) is 51.0 Å². The van der Waals surface area contributed by atoms with Crippen LogP contribution >= 0.6 is 0 Å². The Bertz CT molecular complexity index is 442. The SMILES string of the molecule is Nc1cccc(CC(=O)NCCCOC2CCCCC2)c1. The van der Waals surface area contributed by atoms with Crippen LogP contribution in [0.2, 0.25) is 0 Å². The molecule has 1 amide bonds. The van der Waals surface area contributed by atoms with Gasteiger partial charge in [0, 0.05) is 18.8 Å². The highest BCUT2D eigenvalue weighted by atomic mass is 16.5. The molecule has 0 radical (unpaired) electrons. The maximum absolute atomic E-state index is 11.8. The quantitative estimate of drug-likeness (QED) is 0.599. The number of ether oxygens (including phenoxy) is 1. The van der Waals surface area contributed by atoms with E-state index in [2.05, 4.69) is 5.32 Å². The molecule has 1 aromatic carbocycles. The van der Waals surface area contributed by atoms with Crippen LogP contribution in [0.4, 0.5) is 5.69 Å². The van der Waals surface area contributed by atoms with E-state index in [9.17, 15) is 4.79 Å². The Hall–Kier alpha value is -1.55. The van der Waals surface area contributed by atoms with Gasteiger partial charge in [-0.3, -0.25) is 4.79 Å². The summed E-state index contributed by atoms with van der Waals surface area (Å²) >= 11 is 0. The zero-order chi connectivity index (χ0) is 14.9. The van der Waals surface area contributed by atoms with E-state index in [1.807, 2.05) is 24.3 Å². The maximum atomic E-state index is 11.8. The van der Waals surface area contributed by atoms with Crippen molar-refractivity contribution < 1.29 is 9.53 Å². The van der Waals surface area contributed by atoms with Crippen LogP contribution in [-0.4, -0.2) is 25.2 Å². The minimum Gasteiger partial charge on any atom is -0.399 e. The number of anilines is 1. The number of nitrogens with two attached hydrogens (primary N) is 1. The van der Waals surface area contributed by atoms with Gasteiger partial charge in [-0.2, -0.15) is 0 Å². The third kappa shape index (κ3) is 6.17. The smallest absolute Gasteiger partial charge is 0.224 e. The fourth-order valence-electron chi connectivity index (χ4n) is 2.73. The van der Waals surface area contributed by atoms with Crippen LogP contribution in [0.1, 0.15) is 44.1 Å². The highest BCUT2D eigenvalue weighted by Gasteiger charge is 2.13. The summed E-state index contributed by atoms with van der Waals surface area (Å²) in [6.07, 6.45) is 8.03. The first-order valence-electron chi connectivity index (χ1n) is 7.97. The Morgan fingerprint density at radius 3 is 2.86 bits per heavy atom. The van der Waals surface area contributed by atoms with Crippen LogP contribution in [-0.2, 0) is 16.0 Å². The molecule has 0 spiro atoms. The van der Waals surface area contributed by atoms with Crippen molar-refractivity contribution in [3.63, 3.8) is 0 Å². The van der Waals surface area contributed by atoms with E-state index < -0.39 is 0 Å². The third-order valence-electron chi connectivity index (χ3n) is 3.86. The average Bonchev–Trinajstić information content (AvgIpc) is 2.48. The second kappa shape index (κ2) is 8.67. The van der Waals surface area contributed by atoms with Crippen LogP contribution in [0.5, 0.6) is 0 Å². The zero-order valence-corrected chi connectivity index (χ0v) is 12.6. The van der Waals surface area contributed by atoms with Crippen LogP contribution in [0.15, 0.2) is 24.3 Å². The third-order valence-corrected chi connectivity index (χ3v) is 3.86. The molecule has 116 valence electrons. The molecular weight excluding hydrogens is 264 g/mol. The zero-order valence-electron chi connectivity index (χ0n) is 12.6. The summed E-state index contributed by atoms with van der Waals surface area (Å²) in [6.45, 7) is 1.41. The average molecular weight is 290 g/mol. The van der Waals surface area contributed by atoms with Crippen molar-refractivity contribution in [3.05, 3.63) is 29.8 Å². The van der Waals surface area contributed by atoms with E-state index in [0.717, 1.165) is 18.6 Å². The Morgan fingerprint density at radius 2 is 2.10 bits per heavy atom. The lowest BCUT2D eigenvalue weighted by Crippen LogP contribution is -2.27. The van der Waals surface area contributed by atoms with Gasteiger partial charge in [0.2, 0.25) is 5.91 Å². The number of amides is 1. The number of carbonyl (C=O) groups excluding carboxylic acids is 1. The molecule has 0 saturated heterocycles. The van der Waals surface area contributed by atoms with E-state index in [1.54, 1.807) is 0 Å². The number of rotatable bonds is 7. The van der Waals surface area contributed by atoms with Gasteiger partial charge >= 0.3 is 0 Å². The van der Waals surface area contributed by atoms with Gasteiger partial charge in [0.05, 0.1) is 12.5 Å². The van der Waals surface area contributed by atoms with Gasteiger partial charge in [-0.1, -0.05) is 31.4 Å². The number of benzene rings is 1. The standard InChI is InChI=1S/C17H26N2O2/c18-15-7-4-6-14(12-15)13-17(20)19-10-5-11-21-16-8-2-1-3-9-16/h4,6-7,12,16H,1-3,5,8-11,13,18H2,(H,19,20). The first-order valence-corrected chi connectivity index (χ1v) is 7.97. The molecule has 4 heteroatoms. The second-order valence-electron chi connectivity index (χ2n) is 5.76. The van der Waals surface area contributed by atoms with Crippen LogP contribution < -0.4 is 11.1 Å². The Morgan fingerprint density at radius 1 is 1.29 bits per heavy atom. The molecular formula is C17H26N2O2. The lowest BCUT2D eigenvalue weighted by Gasteiger charge is -2.21. The van der Waals surface area contributed by atoms with Gasteiger partial charge in [-0.25, -0.2) is 0 Å². The molecule has 4 nitrogen and oxygen atoms in total. The summed E-state index contributed by atoms with van der Waals surface area (Å²) in [7, 11) is 0. The number of hydrogen-bond acceptors (Lipinski definition) is 3. The van der Waals surface area contributed by atoms with Crippen LogP contribution in [0.3, 0.4) is 0 Å². The fourth-order valence-corrected chi connectivity index (χ4v) is 2.73. The molecule has 2 rings (SSSR count). The first-order chi connectivity index (χ1) is 10.2. The fraction of sp³-hybridized carbons (Fsp3) is 0.588. The summed E-state index contributed by atoms with van der Waals surface area (Å²) in [5, 5.41) is 2.93. The second-order valence-corrected chi connectivity index (χ2v) is 5.76. The van der Waals surface area contributed by atoms with Crippen molar-refractivity contribution in [1.29, 1.82) is 0 Å². The Kier molecular flexibility index (Phi) is 6.54. The number of carbonyl (C=O) groups is 1. The van der Waals surface area contributed by atoms with Crippen molar-refractivity contribution in [1.82, 2.24) is 5.32 Å². The molecule has 0 bridgehead atoms. The molecule has 0 atom stereocenters. The Balaban J connectivity index is 1.54. The highest BCUT2D eigenvalue weighted by molar-refractivity contribution is 5.78. The predicted octanol–water partition coefficient (Wildman–Crippen LogP) is 2.67. The molecule has 1 aliphatic carbocycles. The van der Waals surface area contributed by atoms with Gasteiger partial charge in [0.25, 0.3) is 0 Å². The van der Waals surface area contributed by atoms with E-state index in [4.69, 9.17) is 10.5 Å². The molecule has 1 aliphatic rings. The Labute approximate surface area is 127 Å². The van der Waals surface area contributed by atoms with E-state index in [0.29, 0.717) is 24.8 Å². The normalized spacial score (nSPS) is 15.8. The van der Waals surface area contributed by atoms with Crippen molar-refractivity contribution in [2.75, 3.05) is 18.9 Å². The number of nitrogen functional groups attached to an aromatic ring is 1. The van der Waals surface area contributed by atoms with Crippen molar-refractivity contribution in [2.24, 2.45) is 0 Å². The lowest BCUT2D eigenvalue weighted by molar-refractivity contribution is -0.120. The molecule has 1 aromatic rings. The molecule has 1 fully saturated rings. The minimum atomic E-state index is 0.0401. The van der Waals surface area contributed by atoms with Crippen molar-refractivity contribution in [3.8, 4) is 0 Å². The molecule has 0 aromatic heterocycles. The number of hydrogen-bond donors (Lipinski definition) is 2. The molecule has 1 saturated carbocycles. The first kappa shape index (κ1) is 15.8. The highest BCUT2D eigenvalue weighted by Crippen LogP contribution is 2.20. The molecule has 21 heavy (non-hydrogen) atoms. The predicted molar refractivity (Wildman–Crippen MR) is 85.0 cm³/mol. The summed E-state index contributed by atoms with van der Waals surface area (Å²) in [4.78, 5) is 11.8. The topological polar surface area (TPSA) is 64.4 Å². The number of nitrogens with one attached hydrogen (secondary N) is 1. The maximum Gasteiger partial charge on any atom is 0.224 e. The molecule has 3 N–H and O–H groups in total. The van der Waals surface area contributed by atoms with Crippen LogP contribution in [0.25, 0.3) is 0 Å². The van der Waals surface area contributed by atoms with Crippen LogP contribution in [0, 0.1) is 0 Å². The van der Waals surface area contributed by atoms with E-state index in [1.165, 1.54) is 32.1 Å². The van der Waals surface area contributed by atoms with Gasteiger partial charge in [-0.15, -0.1) is 0 Å². The van der Waals surface area contributed by atoms with Gasteiger partial charge in [0.15, 0.2) is 0 Å². The summed E-state index contributed by atoms with van der Waals surface area (Å²) in [6, 6.07) is 7.45. The summed E-state index contributed by atoms with van der Waals surface area (Å²) < 4.78 is 5.83. The van der Waals surface area contributed by atoms with Crippen molar-refractivity contribution >= 4 is 11.6 Å². The lowest BCUT2D eigenvalue weighted by atomic mass is 9.98. The summed E-state index contributed by atoms with van der Waals surface area (Å²) in [5.41, 5.74) is 7.34.